The van der Waals surface area contributed by atoms with Gasteiger partial charge in [-0.15, -0.1) is 0 Å². The van der Waals surface area contributed by atoms with E-state index in [1.54, 1.807) is 18.6 Å². The standard InChI is InChI=1S/C17H14N4O2S/c22-16(19-6-5-10-8-18-9-20-10)14-7-12-11-3-1-2-4-13(11)21-15(12)17(23)24-14/h1-4,7-9,21H,5-6H2,(H,18,20)(H,19,22). The van der Waals surface area contributed by atoms with Gasteiger partial charge >= 0.3 is 0 Å². The summed E-state index contributed by atoms with van der Waals surface area (Å²) in [5.74, 6) is -0.233. The van der Waals surface area contributed by atoms with E-state index in [2.05, 4.69) is 20.3 Å². The van der Waals surface area contributed by atoms with Gasteiger partial charge in [0.1, 0.15) is 5.52 Å². The van der Waals surface area contributed by atoms with Crippen LogP contribution in [0.4, 0.5) is 0 Å². The smallest absolute Gasteiger partial charge is 0.261 e. The van der Waals surface area contributed by atoms with Crippen LogP contribution in [0.5, 0.6) is 0 Å². The predicted octanol–water partition coefficient (Wildman–Crippen LogP) is 2.44. The van der Waals surface area contributed by atoms with E-state index in [0.29, 0.717) is 23.4 Å². The highest BCUT2D eigenvalue weighted by Gasteiger charge is 2.13. The molecule has 0 radical (unpaired) electrons. The minimum Gasteiger partial charge on any atom is -0.351 e. The van der Waals surface area contributed by atoms with Crippen LogP contribution < -0.4 is 10.1 Å². The average molecular weight is 338 g/mol. The number of nitrogens with zero attached hydrogens (tertiary/aromatic N) is 1. The van der Waals surface area contributed by atoms with E-state index in [1.165, 1.54) is 0 Å². The summed E-state index contributed by atoms with van der Waals surface area (Å²) in [6.45, 7) is 0.480. The minimum absolute atomic E-state index is 0.137. The lowest BCUT2D eigenvalue weighted by Gasteiger charge is -2.03. The number of amides is 1. The van der Waals surface area contributed by atoms with Gasteiger partial charge < -0.3 is 15.3 Å². The molecule has 0 saturated carbocycles. The molecule has 0 aliphatic rings. The Bertz CT molecular complexity index is 1080. The summed E-state index contributed by atoms with van der Waals surface area (Å²) in [5, 5.41) is 4.58. The molecule has 3 aromatic heterocycles. The molecule has 1 aromatic carbocycles. The van der Waals surface area contributed by atoms with E-state index in [-0.39, 0.29) is 10.6 Å². The van der Waals surface area contributed by atoms with Gasteiger partial charge in [-0.25, -0.2) is 4.98 Å². The van der Waals surface area contributed by atoms with E-state index >= 15 is 0 Å². The Balaban J connectivity index is 1.62. The van der Waals surface area contributed by atoms with Gasteiger partial charge in [0.2, 0.25) is 0 Å². The summed E-state index contributed by atoms with van der Waals surface area (Å²) < 4.78 is -0.137. The van der Waals surface area contributed by atoms with Crippen LogP contribution in [0.2, 0.25) is 0 Å². The van der Waals surface area contributed by atoms with Crippen LogP contribution in [0.1, 0.15) is 15.4 Å². The zero-order valence-corrected chi connectivity index (χ0v) is 13.4. The zero-order valence-electron chi connectivity index (χ0n) is 12.6. The van der Waals surface area contributed by atoms with Gasteiger partial charge in [0, 0.05) is 41.1 Å². The Hall–Kier alpha value is -2.93. The summed E-state index contributed by atoms with van der Waals surface area (Å²) in [4.78, 5) is 35.1. The Morgan fingerprint density at radius 1 is 1.25 bits per heavy atom. The van der Waals surface area contributed by atoms with Crippen molar-refractivity contribution in [1.82, 2.24) is 20.3 Å². The maximum Gasteiger partial charge on any atom is 0.261 e. The van der Waals surface area contributed by atoms with E-state index in [4.69, 9.17) is 0 Å². The number of para-hydroxylation sites is 1. The maximum absolute atomic E-state index is 12.4. The summed E-state index contributed by atoms with van der Waals surface area (Å²) in [6.07, 6.45) is 3.99. The molecule has 0 bridgehead atoms. The van der Waals surface area contributed by atoms with Gasteiger partial charge in [-0.2, -0.15) is 0 Å². The highest BCUT2D eigenvalue weighted by molar-refractivity contribution is 7.12. The number of carbonyl (C=O) groups is 1. The van der Waals surface area contributed by atoms with Gasteiger partial charge in [0.15, 0.2) is 0 Å². The van der Waals surface area contributed by atoms with Crippen LogP contribution in [0.25, 0.3) is 21.8 Å². The van der Waals surface area contributed by atoms with Crippen molar-refractivity contribution in [2.45, 2.75) is 6.42 Å². The number of imidazole rings is 1. The Labute approximate surface area is 140 Å². The normalized spacial score (nSPS) is 11.2. The van der Waals surface area contributed by atoms with Crippen molar-refractivity contribution in [3.05, 3.63) is 63.0 Å². The Morgan fingerprint density at radius 2 is 2.12 bits per heavy atom. The van der Waals surface area contributed by atoms with Crippen molar-refractivity contribution in [2.24, 2.45) is 0 Å². The number of nitrogens with one attached hydrogen (secondary N) is 3. The van der Waals surface area contributed by atoms with E-state index in [0.717, 1.165) is 33.3 Å². The van der Waals surface area contributed by atoms with Crippen molar-refractivity contribution in [3.8, 4) is 0 Å². The highest BCUT2D eigenvalue weighted by atomic mass is 32.1. The van der Waals surface area contributed by atoms with Gasteiger partial charge in [-0.1, -0.05) is 29.5 Å². The van der Waals surface area contributed by atoms with Crippen LogP contribution in [-0.4, -0.2) is 27.4 Å². The number of fused-ring (bicyclic) bond motifs is 3. The quantitative estimate of drug-likeness (QED) is 0.534. The van der Waals surface area contributed by atoms with Crippen molar-refractivity contribution in [2.75, 3.05) is 6.54 Å². The first kappa shape index (κ1) is 14.6. The third-order valence-electron chi connectivity index (χ3n) is 3.89. The van der Waals surface area contributed by atoms with Crippen molar-refractivity contribution in [1.29, 1.82) is 0 Å². The van der Waals surface area contributed by atoms with Crippen LogP contribution >= 0.6 is 11.3 Å². The molecule has 6 nitrogen and oxygen atoms in total. The summed E-state index contributed by atoms with van der Waals surface area (Å²) in [7, 11) is 0. The van der Waals surface area contributed by atoms with Gasteiger partial charge in [0.25, 0.3) is 10.6 Å². The first-order valence-corrected chi connectivity index (χ1v) is 8.34. The molecule has 24 heavy (non-hydrogen) atoms. The van der Waals surface area contributed by atoms with E-state index in [1.807, 2.05) is 24.3 Å². The van der Waals surface area contributed by atoms with Gasteiger partial charge in [-0.3, -0.25) is 9.59 Å². The van der Waals surface area contributed by atoms with Crippen LogP contribution in [0.15, 0.2) is 47.7 Å². The lowest BCUT2D eigenvalue weighted by molar-refractivity contribution is 0.0958. The molecule has 4 aromatic rings. The molecule has 0 spiro atoms. The molecule has 7 heteroatoms. The van der Waals surface area contributed by atoms with Crippen molar-refractivity contribution < 1.29 is 4.79 Å². The van der Waals surface area contributed by atoms with Crippen LogP contribution in [0.3, 0.4) is 0 Å². The topological polar surface area (TPSA) is 90.6 Å². The zero-order chi connectivity index (χ0) is 16.5. The molecule has 120 valence electrons. The van der Waals surface area contributed by atoms with E-state index < -0.39 is 0 Å². The monoisotopic (exact) mass is 338 g/mol. The number of aromatic amines is 2. The Morgan fingerprint density at radius 3 is 2.96 bits per heavy atom. The summed E-state index contributed by atoms with van der Waals surface area (Å²) >= 11 is 0.959. The number of rotatable bonds is 4. The number of hydrogen-bond donors (Lipinski definition) is 3. The Kier molecular flexibility index (Phi) is 3.62. The summed E-state index contributed by atoms with van der Waals surface area (Å²) in [5.41, 5.74) is 2.40. The number of hydrogen-bond acceptors (Lipinski definition) is 4. The lowest BCUT2D eigenvalue weighted by Crippen LogP contribution is -2.25. The molecule has 0 atom stereocenters. The minimum atomic E-state index is -0.233. The predicted molar refractivity (Wildman–Crippen MR) is 94.6 cm³/mol. The van der Waals surface area contributed by atoms with Crippen molar-refractivity contribution >= 4 is 39.0 Å². The van der Waals surface area contributed by atoms with E-state index in [9.17, 15) is 9.59 Å². The largest absolute Gasteiger partial charge is 0.351 e. The fraction of sp³-hybridized carbons (Fsp3) is 0.118. The third-order valence-corrected chi connectivity index (χ3v) is 4.80. The number of benzene rings is 1. The molecular weight excluding hydrogens is 324 g/mol. The highest BCUT2D eigenvalue weighted by Crippen LogP contribution is 2.25. The lowest BCUT2D eigenvalue weighted by atomic mass is 10.2. The summed E-state index contributed by atoms with van der Waals surface area (Å²) in [6, 6.07) is 9.48. The van der Waals surface area contributed by atoms with Crippen LogP contribution in [0, 0.1) is 0 Å². The molecule has 0 aliphatic heterocycles. The number of aromatic nitrogens is 3. The molecule has 0 unspecified atom stereocenters. The average Bonchev–Trinajstić information content (AvgIpc) is 3.22. The second-order valence-corrected chi connectivity index (χ2v) is 6.45. The molecule has 1 amide bonds. The first-order valence-electron chi connectivity index (χ1n) is 7.52. The number of carbonyl (C=O) groups excluding carboxylic acids is 1. The fourth-order valence-electron chi connectivity index (χ4n) is 2.72. The molecule has 0 fully saturated rings. The third kappa shape index (κ3) is 2.59. The van der Waals surface area contributed by atoms with Crippen LogP contribution in [-0.2, 0) is 6.42 Å². The SMILES string of the molecule is O=C(NCCc1cnc[nH]1)c1cc2c([nH]c3ccccc32)c(=O)s1. The first-order chi connectivity index (χ1) is 11.7. The molecular formula is C17H14N4O2S. The van der Waals surface area contributed by atoms with Crippen molar-refractivity contribution in [3.63, 3.8) is 0 Å². The molecule has 3 N–H and O–H groups in total. The molecule has 4 rings (SSSR count). The van der Waals surface area contributed by atoms with Gasteiger partial charge in [-0.05, 0) is 12.1 Å². The van der Waals surface area contributed by atoms with Gasteiger partial charge in [0.05, 0.1) is 11.2 Å². The second-order valence-electron chi connectivity index (χ2n) is 5.44. The fourth-order valence-corrected chi connectivity index (χ4v) is 3.52. The molecule has 3 heterocycles. The molecule has 0 saturated heterocycles. The molecule has 0 aliphatic carbocycles. The second kappa shape index (κ2) is 5.93. The maximum atomic E-state index is 12.4. The number of H-pyrrole nitrogens is 2.